The molecule has 2 aliphatic carbocycles. The zero-order valence-electron chi connectivity index (χ0n) is 14.2. The van der Waals surface area contributed by atoms with Crippen LogP contribution in [-0.4, -0.2) is 18.0 Å². The van der Waals surface area contributed by atoms with Gasteiger partial charge in [0, 0.05) is 12.1 Å². The summed E-state index contributed by atoms with van der Waals surface area (Å²) in [5, 5.41) is 2.58. The average Bonchev–Trinajstić information content (AvgIpc) is 3.13. The molecule has 2 saturated carbocycles. The molecule has 0 spiro atoms. The number of hydrogen-bond donors (Lipinski definition) is 1. The molecule has 0 aromatic heterocycles. The zero-order chi connectivity index (χ0) is 17.3. The fraction of sp³-hybridized carbons (Fsp3) is 0.579. The molecule has 130 valence electrons. The van der Waals surface area contributed by atoms with Crippen molar-refractivity contribution >= 4 is 17.6 Å². The van der Waals surface area contributed by atoms with Gasteiger partial charge in [-0.2, -0.15) is 0 Å². The second-order valence-electron chi connectivity index (χ2n) is 7.22. The zero-order valence-corrected chi connectivity index (χ0v) is 14.2. The lowest BCUT2D eigenvalue weighted by atomic mass is 9.86. The molecular weight excluding hydrogens is 309 g/mol. The maximum atomic E-state index is 13.5. The van der Waals surface area contributed by atoms with Gasteiger partial charge in [0.1, 0.15) is 5.82 Å². The summed E-state index contributed by atoms with van der Waals surface area (Å²) in [7, 11) is 0. The number of carbonyl (C=O) groups excluding carboxylic acids is 2. The molecule has 2 bridgehead atoms. The molecule has 4 unspecified atom stereocenters. The third kappa shape index (κ3) is 3.77. The van der Waals surface area contributed by atoms with Gasteiger partial charge in [-0.3, -0.25) is 9.59 Å². The van der Waals surface area contributed by atoms with E-state index in [9.17, 15) is 14.0 Å². The van der Waals surface area contributed by atoms with Crippen molar-refractivity contribution in [3.63, 3.8) is 0 Å². The first-order valence-corrected chi connectivity index (χ1v) is 8.69. The number of aryl methyl sites for hydroxylation is 1. The van der Waals surface area contributed by atoms with Crippen LogP contribution in [0.3, 0.4) is 0 Å². The topological polar surface area (TPSA) is 55.4 Å². The van der Waals surface area contributed by atoms with E-state index >= 15 is 0 Å². The number of halogens is 1. The molecule has 0 aliphatic heterocycles. The van der Waals surface area contributed by atoms with Crippen molar-refractivity contribution in [1.82, 2.24) is 0 Å². The van der Waals surface area contributed by atoms with Crippen molar-refractivity contribution in [2.75, 3.05) is 5.32 Å². The van der Waals surface area contributed by atoms with Gasteiger partial charge in [0.05, 0.1) is 0 Å². The summed E-state index contributed by atoms with van der Waals surface area (Å²) in [5.74, 6) is 0.712. The Morgan fingerprint density at radius 3 is 2.75 bits per heavy atom. The molecule has 1 aromatic carbocycles. The number of esters is 1. The van der Waals surface area contributed by atoms with Gasteiger partial charge in [-0.25, -0.2) is 4.39 Å². The molecule has 0 saturated heterocycles. The van der Waals surface area contributed by atoms with E-state index in [4.69, 9.17) is 4.74 Å². The molecule has 4 atom stereocenters. The van der Waals surface area contributed by atoms with Gasteiger partial charge in [-0.05, 0) is 68.6 Å². The minimum Gasteiger partial charge on any atom is -0.453 e. The van der Waals surface area contributed by atoms with E-state index in [2.05, 4.69) is 5.32 Å². The van der Waals surface area contributed by atoms with Crippen LogP contribution in [0.25, 0.3) is 0 Å². The Labute approximate surface area is 141 Å². The van der Waals surface area contributed by atoms with E-state index < -0.39 is 12.0 Å². The predicted octanol–water partition coefficient (Wildman–Crippen LogP) is 3.83. The number of fused-ring (bicyclic) bond motifs is 2. The van der Waals surface area contributed by atoms with Crippen molar-refractivity contribution in [2.24, 2.45) is 17.8 Å². The summed E-state index contributed by atoms with van der Waals surface area (Å²) in [6.07, 6.45) is 4.38. The van der Waals surface area contributed by atoms with Crippen LogP contribution >= 0.6 is 0 Å². The summed E-state index contributed by atoms with van der Waals surface area (Å²) in [6, 6.07) is 4.48. The maximum Gasteiger partial charge on any atom is 0.306 e. The Balaban J connectivity index is 1.48. The maximum absolute atomic E-state index is 13.5. The molecule has 1 aromatic rings. The van der Waals surface area contributed by atoms with Crippen molar-refractivity contribution in [3.05, 3.63) is 29.6 Å². The summed E-state index contributed by atoms with van der Waals surface area (Å²) in [4.78, 5) is 24.2. The Morgan fingerprint density at radius 2 is 2.12 bits per heavy atom. The quantitative estimate of drug-likeness (QED) is 0.833. The van der Waals surface area contributed by atoms with E-state index in [1.54, 1.807) is 26.0 Å². The Bertz CT molecular complexity index is 645. The first-order chi connectivity index (χ1) is 11.4. The highest BCUT2D eigenvalue weighted by atomic mass is 19.1. The number of anilines is 1. The van der Waals surface area contributed by atoms with E-state index in [1.807, 2.05) is 0 Å². The third-order valence-corrected chi connectivity index (χ3v) is 5.43. The third-order valence-electron chi connectivity index (χ3n) is 5.43. The summed E-state index contributed by atoms with van der Waals surface area (Å²) in [5.41, 5.74) is 0.873. The molecule has 0 radical (unpaired) electrons. The van der Waals surface area contributed by atoms with Crippen LogP contribution in [-0.2, 0) is 14.3 Å². The van der Waals surface area contributed by atoms with Crippen molar-refractivity contribution in [1.29, 1.82) is 0 Å². The van der Waals surface area contributed by atoms with Crippen LogP contribution in [0.15, 0.2) is 18.2 Å². The van der Waals surface area contributed by atoms with Crippen molar-refractivity contribution in [2.45, 2.75) is 52.1 Å². The number of benzene rings is 1. The lowest BCUT2D eigenvalue weighted by Crippen LogP contribution is -2.31. The largest absolute Gasteiger partial charge is 0.453 e. The van der Waals surface area contributed by atoms with Gasteiger partial charge >= 0.3 is 5.97 Å². The molecule has 1 amide bonds. The number of carbonyl (C=O) groups is 2. The molecule has 2 aliphatic rings. The molecule has 4 nitrogen and oxygen atoms in total. The monoisotopic (exact) mass is 333 g/mol. The van der Waals surface area contributed by atoms with Gasteiger partial charge in [0.15, 0.2) is 6.10 Å². The summed E-state index contributed by atoms with van der Waals surface area (Å²) >= 11 is 0. The number of hydrogen-bond acceptors (Lipinski definition) is 3. The van der Waals surface area contributed by atoms with E-state index in [0.29, 0.717) is 29.5 Å². The van der Waals surface area contributed by atoms with Crippen molar-refractivity contribution < 1.29 is 18.7 Å². The first-order valence-electron chi connectivity index (χ1n) is 8.69. The highest BCUT2D eigenvalue weighted by Crippen LogP contribution is 2.49. The van der Waals surface area contributed by atoms with Gasteiger partial charge < -0.3 is 10.1 Å². The van der Waals surface area contributed by atoms with Crippen molar-refractivity contribution in [3.8, 4) is 0 Å². The second kappa shape index (κ2) is 6.91. The molecule has 1 N–H and O–H groups in total. The molecule has 0 heterocycles. The Kier molecular flexibility index (Phi) is 4.88. The molecule has 5 heteroatoms. The van der Waals surface area contributed by atoms with Crippen LogP contribution in [0, 0.1) is 30.5 Å². The van der Waals surface area contributed by atoms with E-state index in [-0.39, 0.29) is 11.8 Å². The standard InChI is InChI=1S/C19H24FNO3/c1-11-3-6-16(10-17(11)20)21-19(23)12(2)24-18(22)9-15-8-13-4-5-14(15)7-13/h3,6,10,12-15H,4-5,7-9H2,1-2H3,(H,21,23). The average molecular weight is 333 g/mol. The number of amides is 1. The SMILES string of the molecule is Cc1ccc(NC(=O)C(C)OC(=O)CC2CC3CCC2C3)cc1F. The predicted molar refractivity (Wildman–Crippen MR) is 88.9 cm³/mol. The molecule has 24 heavy (non-hydrogen) atoms. The van der Waals surface area contributed by atoms with Crippen LogP contribution in [0.2, 0.25) is 0 Å². The fourth-order valence-electron chi connectivity index (χ4n) is 4.05. The minimum atomic E-state index is -0.888. The van der Waals surface area contributed by atoms with Gasteiger partial charge in [-0.15, -0.1) is 0 Å². The van der Waals surface area contributed by atoms with E-state index in [1.165, 1.54) is 25.3 Å². The number of ether oxygens (including phenoxy) is 1. The second-order valence-corrected chi connectivity index (χ2v) is 7.22. The van der Waals surface area contributed by atoms with Crippen LogP contribution < -0.4 is 5.32 Å². The van der Waals surface area contributed by atoms with E-state index in [0.717, 1.165) is 12.3 Å². The molecule has 3 rings (SSSR count). The highest BCUT2D eigenvalue weighted by molar-refractivity contribution is 5.95. The van der Waals surface area contributed by atoms with Crippen LogP contribution in [0.5, 0.6) is 0 Å². The molecule has 2 fully saturated rings. The Morgan fingerprint density at radius 1 is 1.33 bits per heavy atom. The lowest BCUT2D eigenvalue weighted by molar-refractivity contribution is -0.154. The van der Waals surface area contributed by atoms with Gasteiger partial charge in [-0.1, -0.05) is 12.5 Å². The van der Waals surface area contributed by atoms with Crippen LogP contribution in [0.4, 0.5) is 10.1 Å². The summed E-state index contributed by atoms with van der Waals surface area (Å²) < 4.78 is 18.8. The smallest absolute Gasteiger partial charge is 0.306 e. The number of rotatable bonds is 5. The fourth-order valence-corrected chi connectivity index (χ4v) is 4.05. The lowest BCUT2D eigenvalue weighted by Gasteiger charge is -2.21. The number of nitrogens with one attached hydrogen (secondary N) is 1. The summed E-state index contributed by atoms with van der Waals surface area (Å²) in [6.45, 7) is 3.19. The minimum absolute atomic E-state index is 0.315. The van der Waals surface area contributed by atoms with Crippen LogP contribution in [0.1, 0.15) is 44.6 Å². The Hall–Kier alpha value is -1.91. The molecular formula is C19H24FNO3. The highest BCUT2D eigenvalue weighted by Gasteiger charge is 2.40. The van der Waals surface area contributed by atoms with Gasteiger partial charge in [0.2, 0.25) is 0 Å². The first kappa shape index (κ1) is 16.9. The van der Waals surface area contributed by atoms with Gasteiger partial charge in [0.25, 0.3) is 5.91 Å². The normalized spacial score (nSPS) is 26.2.